The number of amides is 2. The molecule has 0 heterocycles. The molecule has 0 rings (SSSR count). The molecule has 0 saturated carbocycles. The molecule has 1 unspecified atom stereocenters. The second-order valence-electron chi connectivity index (χ2n) is 6.64. The van der Waals surface area contributed by atoms with Crippen LogP contribution in [0.15, 0.2) is 12.7 Å². The number of likely N-dealkylation sites (N-methyl/N-ethyl adjacent to an activating group) is 2. The van der Waals surface area contributed by atoms with Gasteiger partial charge in [-0.3, -0.25) is 14.4 Å². The van der Waals surface area contributed by atoms with Gasteiger partial charge in [-0.05, 0) is 20.2 Å². The molecule has 0 aromatic carbocycles. The smallest absolute Gasteiger partial charge is 0.246 e. The summed E-state index contributed by atoms with van der Waals surface area (Å²) in [5, 5.41) is 2.77. The van der Waals surface area contributed by atoms with Crippen LogP contribution in [0, 0.1) is 5.41 Å². The van der Waals surface area contributed by atoms with Crippen molar-refractivity contribution in [2.45, 2.75) is 33.2 Å². The summed E-state index contributed by atoms with van der Waals surface area (Å²) in [4.78, 5) is 39.5. The van der Waals surface area contributed by atoms with E-state index >= 15 is 0 Å². The molecule has 0 spiro atoms. The van der Waals surface area contributed by atoms with E-state index in [2.05, 4.69) is 11.9 Å². The molecule has 1 N–H and O–H groups in total. The lowest BCUT2D eigenvalue weighted by Crippen LogP contribution is -2.50. The Bertz CT molecular complexity index is 425. The first-order valence-corrected chi connectivity index (χ1v) is 7.35. The molecule has 0 radical (unpaired) electrons. The number of nitrogens with zero attached hydrogens (tertiary/aromatic N) is 2. The average Bonchev–Trinajstić information content (AvgIpc) is 2.41. The summed E-state index contributed by atoms with van der Waals surface area (Å²) in [5.41, 5.74) is -0.555. The fraction of sp³-hybridized carbons (Fsp3) is 0.688. The number of rotatable bonds is 8. The molecule has 0 aliphatic rings. The van der Waals surface area contributed by atoms with Gasteiger partial charge in [-0.25, -0.2) is 0 Å². The zero-order valence-corrected chi connectivity index (χ0v) is 14.6. The molecule has 2 amide bonds. The van der Waals surface area contributed by atoms with E-state index in [9.17, 15) is 14.4 Å². The van der Waals surface area contributed by atoms with E-state index in [4.69, 9.17) is 0 Å². The minimum Gasteiger partial charge on any atom is -0.353 e. The first kappa shape index (κ1) is 20.3. The van der Waals surface area contributed by atoms with E-state index < -0.39 is 11.5 Å². The largest absolute Gasteiger partial charge is 0.353 e. The van der Waals surface area contributed by atoms with E-state index in [0.29, 0.717) is 13.1 Å². The van der Waals surface area contributed by atoms with Crippen molar-refractivity contribution in [2.24, 2.45) is 5.41 Å². The summed E-state index contributed by atoms with van der Waals surface area (Å²) in [7, 11) is 5.32. The van der Waals surface area contributed by atoms with Gasteiger partial charge in [0, 0.05) is 32.0 Å². The number of hydrogen-bond donors (Lipinski definition) is 1. The fourth-order valence-corrected chi connectivity index (χ4v) is 1.71. The van der Waals surface area contributed by atoms with E-state index in [1.54, 1.807) is 20.8 Å². The molecule has 0 saturated heterocycles. The summed E-state index contributed by atoms with van der Waals surface area (Å²) < 4.78 is 0. The Labute approximate surface area is 133 Å². The van der Waals surface area contributed by atoms with Gasteiger partial charge >= 0.3 is 0 Å². The van der Waals surface area contributed by atoms with Crippen LogP contribution in [0.25, 0.3) is 0 Å². The van der Waals surface area contributed by atoms with Gasteiger partial charge < -0.3 is 15.1 Å². The van der Waals surface area contributed by atoms with Gasteiger partial charge in [0.05, 0.1) is 0 Å². The highest BCUT2D eigenvalue weighted by molar-refractivity contribution is 5.96. The van der Waals surface area contributed by atoms with E-state index in [-0.39, 0.29) is 24.0 Å². The average molecular weight is 311 g/mol. The predicted molar refractivity (Wildman–Crippen MR) is 87.4 cm³/mol. The second-order valence-corrected chi connectivity index (χ2v) is 6.64. The molecule has 0 fully saturated rings. The molecule has 22 heavy (non-hydrogen) atoms. The van der Waals surface area contributed by atoms with Crippen LogP contribution in [0.4, 0.5) is 0 Å². The molecule has 0 aromatic rings. The van der Waals surface area contributed by atoms with Crippen molar-refractivity contribution in [1.29, 1.82) is 0 Å². The molecular weight excluding hydrogens is 282 g/mol. The molecule has 126 valence electrons. The van der Waals surface area contributed by atoms with Crippen molar-refractivity contribution in [2.75, 3.05) is 34.2 Å². The van der Waals surface area contributed by atoms with Crippen LogP contribution < -0.4 is 5.32 Å². The number of nitrogens with one attached hydrogen (secondary N) is 1. The standard InChI is InChI=1S/C16H29N3O3/c1-8-14(21)19(7)12(11-13(20)16(2,3)4)15(22)17-9-10-18(5)6/h8,12H,1,9-11H2,2-7H3,(H,17,22). The maximum atomic E-state index is 12.3. The zero-order chi connectivity index (χ0) is 17.5. The Morgan fingerprint density at radius 3 is 2.14 bits per heavy atom. The number of carbonyl (C=O) groups is 3. The van der Waals surface area contributed by atoms with Crippen LogP contribution >= 0.6 is 0 Å². The monoisotopic (exact) mass is 311 g/mol. The van der Waals surface area contributed by atoms with Gasteiger partial charge in [0.1, 0.15) is 11.8 Å². The molecular formula is C16H29N3O3. The zero-order valence-electron chi connectivity index (χ0n) is 14.6. The molecule has 0 aliphatic heterocycles. The minimum absolute atomic E-state index is 0.00657. The fourth-order valence-electron chi connectivity index (χ4n) is 1.71. The van der Waals surface area contributed by atoms with Crippen molar-refractivity contribution in [3.63, 3.8) is 0 Å². The highest BCUT2D eigenvalue weighted by Crippen LogP contribution is 2.19. The summed E-state index contributed by atoms with van der Waals surface area (Å²) >= 11 is 0. The van der Waals surface area contributed by atoms with Gasteiger partial charge in [0.2, 0.25) is 11.8 Å². The van der Waals surface area contributed by atoms with Crippen LogP contribution in [0.3, 0.4) is 0 Å². The van der Waals surface area contributed by atoms with Gasteiger partial charge in [-0.15, -0.1) is 0 Å². The van der Waals surface area contributed by atoms with E-state index in [0.717, 1.165) is 6.08 Å². The Morgan fingerprint density at radius 2 is 1.73 bits per heavy atom. The van der Waals surface area contributed by atoms with Crippen LogP contribution in [-0.2, 0) is 14.4 Å². The number of ketones is 1. The summed E-state index contributed by atoms with van der Waals surface area (Å²) in [5.74, 6) is -0.768. The number of hydrogen-bond acceptors (Lipinski definition) is 4. The third kappa shape index (κ3) is 6.85. The van der Waals surface area contributed by atoms with Gasteiger partial charge in [0.15, 0.2) is 0 Å². The van der Waals surface area contributed by atoms with Gasteiger partial charge in [-0.1, -0.05) is 27.4 Å². The number of carbonyl (C=O) groups excluding carboxylic acids is 3. The first-order valence-electron chi connectivity index (χ1n) is 7.35. The highest BCUT2D eigenvalue weighted by atomic mass is 16.2. The molecule has 6 nitrogen and oxygen atoms in total. The SMILES string of the molecule is C=CC(=O)N(C)C(CC(=O)C(C)(C)C)C(=O)NCCN(C)C. The Hall–Kier alpha value is -1.69. The third-order valence-electron chi connectivity index (χ3n) is 3.37. The summed E-state index contributed by atoms with van der Waals surface area (Å²) in [6.07, 6.45) is 1.13. The summed E-state index contributed by atoms with van der Waals surface area (Å²) in [6.45, 7) is 9.96. The van der Waals surface area contributed by atoms with Crippen molar-refractivity contribution in [1.82, 2.24) is 15.1 Å². The summed E-state index contributed by atoms with van der Waals surface area (Å²) in [6, 6.07) is -0.820. The molecule has 0 bridgehead atoms. The van der Waals surface area contributed by atoms with Gasteiger partial charge in [0.25, 0.3) is 0 Å². The maximum Gasteiger partial charge on any atom is 0.246 e. The van der Waals surface area contributed by atoms with Crippen LogP contribution in [0.1, 0.15) is 27.2 Å². The Balaban J connectivity index is 5.00. The lowest BCUT2D eigenvalue weighted by Gasteiger charge is -2.28. The lowest BCUT2D eigenvalue weighted by molar-refractivity contribution is -0.139. The molecule has 0 aromatic heterocycles. The lowest BCUT2D eigenvalue weighted by atomic mass is 9.86. The van der Waals surface area contributed by atoms with Gasteiger partial charge in [-0.2, -0.15) is 0 Å². The molecule has 1 atom stereocenters. The Morgan fingerprint density at radius 1 is 1.18 bits per heavy atom. The normalized spacial score (nSPS) is 12.7. The first-order chi connectivity index (χ1) is 10.0. The topological polar surface area (TPSA) is 69.7 Å². The van der Waals surface area contributed by atoms with E-state index in [1.165, 1.54) is 11.9 Å². The highest BCUT2D eigenvalue weighted by Gasteiger charge is 2.32. The quantitative estimate of drug-likeness (QED) is 0.669. The minimum atomic E-state index is -0.820. The molecule has 6 heteroatoms. The van der Waals surface area contributed by atoms with Crippen molar-refractivity contribution >= 4 is 17.6 Å². The number of Topliss-reactive ketones (excluding diaryl/α,β-unsaturated/α-hetero) is 1. The predicted octanol–water partition coefficient (Wildman–Crippen LogP) is 0.683. The van der Waals surface area contributed by atoms with E-state index in [1.807, 2.05) is 19.0 Å². The van der Waals surface area contributed by atoms with Crippen LogP contribution in [0.2, 0.25) is 0 Å². The maximum absolute atomic E-state index is 12.3. The van der Waals surface area contributed by atoms with Crippen molar-refractivity contribution in [3.05, 3.63) is 12.7 Å². The molecule has 0 aliphatic carbocycles. The van der Waals surface area contributed by atoms with Crippen LogP contribution in [-0.4, -0.2) is 67.7 Å². The Kier molecular flexibility index (Phi) is 8.01. The third-order valence-corrected chi connectivity index (χ3v) is 3.37. The van der Waals surface area contributed by atoms with Crippen molar-refractivity contribution in [3.8, 4) is 0 Å². The second kappa shape index (κ2) is 8.68. The van der Waals surface area contributed by atoms with Crippen LogP contribution in [0.5, 0.6) is 0 Å². The van der Waals surface area contributed by atoms with Crippen molar-refractivity contribution < 1.29 is 14.4 Å².